The Morgan fingerprint density at radius 2 is 1.39 bits per heavy atom. The van der Waals surface area contributed by atoms with E-state index in [4.69, 9.17) is 24.2 Å². The number of guanidine groups is 1. The number of carbonyl (C=O) groups is 2. The number of carboxylic acid groups (broad SMARTS) is 1. The number of nitrogens with zero attached hydrogens (tertiary/aromatic N) is 1. The minimum Gasteiger partial charge on any atom is -0.497 e. The van der Waals surface area contributed by atoms with Gasteiger partial charge in [0.1, 0.15) is 5.76 Å². The van der Waals surface area contributed by atoms with E-state index in [1.54, 1.807) is 0 Å². The van der Waals surface area contributed by atoms with Crippen LogP contribution in [0.25, 0.3) is 0 Å². The summed E-state index contributed by atoms with van der Waals surface area (Å²) in [7, 11) is 0. The Morgan fingerprint density at radius 1 is 0.968 bits per heavy atom. The van der Waals surface area contributed by atoms with Crippen LogP contribution in [0.4, 0.5) is 0 Å². The number of carbonyl (C=O) groups excluding carboxylic acids is 1. The van der Waals surface area contributed by atoms with Gasteiger partial charge in [0.2, 0.25) is 5.91 Å². The summed E-state index contributed by atoms with van der Waals surface area (Å²) < 4.78 is 28.6. The molecule has 7 heteroatoms. The van der Waals surface area contributed by atoms with Crippen molar-refractivity contribution in [2.24, 2.45) is 0 Å². The molecule has 1 amide bonds. The van der Waals surface area contributed by atoms with Crippen molar-refractivity contribution in [2.45, 2.75) is 103 Å². The lowest BCUT2D eigenvalue weighted by atomic mass is 10.0. The van der Waals surface area contributed by atoms with E-state index in [1.807, 2.05) is 0 Å². The topological polar surface area (TPSA) is 103 Å². The first-order chi connectivity index (χ1) is 16.2. The van der Waals surface area contributed by atoms with E-state index in [2.05, 4.69) is 11.9 Å². The molecule has 1 rings (SSSR count). The Morgan fingerprint density at radius 3 is 1.84 bits per heavy atom. The highest BCUT2D eigenvalue weighted by molar-refractivity contribution is 5.95. The van der Waals surface area contributed by atoms with Crippen LogP contribution in [0.2, 0.25) is 0 Å². The van der Waals surface area contributed by atoms with Gasteiger partial charge in [0.15, 0.2) is 5.96 Å². The van der Waals surface area contributed by atoms with Crippen LogP contribution in [0.1, 0.15) is 107 Å². The van der Waals surface area contributed by atoms with Crippen LogP contribution in [-0.2, 0) is 14.3 Å². The maximum Gasteiger partial charge on any atom is 0.290 e. The smallest absolute Gasteiger partial charge is 0.290 e. The highest BCUT2D eigenvalue weighted by Crippen LogP contribution is 2.14. The van der Waals surface area contributed by atoms with Crippen LogP contribution in [0.15, 0.2) is 12.3 Å². The first-order valence-electron chi connectivity index (χ1n) is 13.3. The van der Waals surface area contributed by atoms with E-state index in [0.29, 0.717) is 18.8 Å². The lowest BCUT2D eigenvalue weighted by Crippen LogP contribution is -2.42. The molecule has 3 N–H and O–H groups in total. The van der Waals surface area contributed by atoms with E-state index >= 15 is 0 Å². The molecule has 0 radical (unpaired) electrons. The van der Waals surface area contributed by atoms with Gasteiger partial charge in [-0.1, -0.05) is 90.0 Å². The second-order valence-electron chi connectivity index (χ2n) is 8.03. The van der Waals surface area contributed by atoms with Crippen molar-refractivity contribution in [3.8, 4) is 0 Å². The molecule has 1 aliphatic heterocycles. The van der Waals surface area contributed by atoms with Gasteiger partial charge >= 0.3 is 0 Å². The number of likely N-dealkylation sites (N-methyl/N-ethyl adjacent to an activating group) is 1. The van der Waals surface area contributed by atoms with Gasteiger partial charge in [-0.15, -0.1) is 0 Å². The van der Waals surface area contributed by atoms with Crippen LogP contribution in [-0.4, -0.2) is 48.5 Å². The number of amides is 1. The zero-order valence-corrected chi connectivity index (χ0v) is 19.1. The molecule has 0 atom stereocenters. The summed E-state index contributed by atoms with van der Waals surface area (Å²) in [6.07, 6.45) is 18.0. The molecule has 0 spiro atoms. The number of rotatable bonds is 0. The Labute approximate surface area is 193 Å². The molecule has 7 nitrogen and oxygen atoms in total. The molecule has 0 aliphatic carbocycles. The highest BCUT2D eigenvalue weighted by Gasteiger charge is 2.10. The normalized spacial score (nSPS) is 22.1. The van der Waals surface area contributed by atoms with Crippen molar-refractivity contribution in [1.29, 1.82) is 5.41 Å². The van der Waals surface area contributed by atoms with Gasteiger partial charge in [0.05, 0.1) is 13.2 Å². The zero-order chi connectivity index (χ0) is 25.7. The number of hydrogen-bond donors (Lipinski definition) is 3. The SMILES string of the molecule is O=CO.[2H]C([2H])([2H])N1CC(=C)OCCCCCCCCCCCCCCCCCC(=O)NC1=N. The van der Waals surface area contributed by atoms with E-state index in [0.717, 1.165) is 37.0 Å². The van der Waals surface area contributed by atoms with Gasteiger partial charge in [-0.25, -0.2) is 0 Å². The second kappa shape index (κ2) is 21.2. The van der Waals surface area contributed by atoms with Crippen molar-refractivity contribution in [3.63, 3.8) is 0 Å². The van der Waals surface area contributed by atoms with E-state index in [-0.39, 0.29) is 18.9 Å². The summed E-state index contributed by atoms with van der Waals surface area (Å²) in [5.74, 6) is -0.450. The molecule has 0 aromatic heterocycles. The molecule has 31 heavy (non-hydrogen) atoms. The fraction of sp³-hybridized carbons (Fsp3) is 0.792. The monoisotopic (exact) mass is 442 g/mol. The maximum absolute atomic E-state index is 12.1. The zero-order valence-electron chi connectivity index (χ0n) is 22.1. The van der Waals surface area contributed by atoms with Gasteiger partial charge in [-0.05, 0) is 12.8 Å². The van der Waals surface area contributed by atoms with Crippen LogP contribution >= 0.6 is 0 Å². The number of hydrogen-bond acceptors (Lipinski definition) is 4. The summed E-state index contributed by atoms with van der Waals surface area (Å²) in [4.78, 5) is 21.4. The molecule has 1 fully saturated rings. The summed E-state index contributed by atoms with van der Waals surface area (Å²) >= 11 is 0. The average molecular weight is 443 g/mol. The summed E-state index contributed by atoms with van der Waals surface area (Å²) in [6, 6.07) is 0. The molecular formula is C24H45N3O4. The van der Waals surface area contributed by atoms with E-state index in [9.17, 15) is 4.79 Å². The maximum atomic E-state index is 12.1. The van der Waals surface area contributed by atoms with E-state index < -0.39 is 12.9 Å². The second-order valence-corrected chi connectivity index (χ2v) is 8.03. The van der Waals surface area contributed by atoms with Gasteiger partial charge < -0.3 is 14.7 Å². The standard InChI is InChI=1S/C23H43N3O2.CH2O2/c1-21-20-26(2)23(24)25-22(27)18-16-14-12-10-8-6-4-3-5-7-9-11-13-15-17-19-28-21;2-1-3/h1,3-20H2,2H3,(H2,24,25,27);1H,(H,2,3)/i2D3;. The number of ether oxygens (including phenoxy) is 1. The van der Waals surface area contributed by atoms with Crippen LogP contribution < -0.4 is 5.32 Å². The largest absolute Gasteiger partial charge is 0.497 e. The minimum atomic E-state index is -2.55. The van der Waals surface area contributed by atoms with Crippen LogP contribution in [0, 0.1) is 5.41 Å². The third-order valence-electron chi connectivity index (χ3n) is 5.22. The van der Waals surface area contributed by atoms with Crippen molar-refractivity contribution in [3.05, 3.63) is 12.3 Å². The quantitative estimate of drug-likeness (QED) is 0.433. The first kappa shape index (κ1) is 23.6. The molecule has 0 bridgehead atoms. The predicted molar refractivity (Wildman–Crippen MR) is 126 cm³/mol. The van der Waals surface area contributed by atoms with Crippen molar-refractivity contribution >= 4 is 18.3 Å². The van der Waals surface area contributed by atoms with Gasteiger partial charge in [0, 0.05) is 17.5 Å². The van der Waals surface area contributed by atoms with E-state index in [1.165, 1.54) is 64.2 Å². The third kappa shape index (κ3) is 19.6. The van der Waals surface area contributed by atoms with Crippen molar-refractivity contribution < 1.29 is 23.5 Å². The predicted octanol–water partition coefficient (Wildman–Crippen LogP) is 5.46. The molecule has 0 aromatic rings. The molecule has 0 unspecified atom stereocenters. The average Bonchev–Trinajstić information content (AvgIpc) is 2.75. The molecule has 1 aliphatic rings. The van der Waals surface area contributed by atoms with Gasteiger partial charge in [-0.2, -0.15) is 0 Å². The fourth-order valence-corrected chi connectivity index (χ4v) is 3.47. The molecule has 0 saturated carbocycles. The minimum absolute atomic E-state index is 0.143. The van der Waals surface area contributed by atoms with Crippen molar-refractivity contribution in [1.82, 2.24) is 10.2 Å². The lowest BCUT2D eigenvalue weighted by Gasteiger charge is -2.21. The van der Waals surface area contributed by atoms with Gasteiger partial charge in [0.25, 0.3) is 6.47 Å². The van der Waals surface area contributed by atoms with Crippen LogP contribution in [0.3, 0.4) is 0 Å². The Bertz CT molecular complexity index is 586. The summed E-state index contributed by atoms with van der Waals surface area (Å²) in [5.41, 5.74) is 0. The molecule has 0 aromatic carbocycles. The molecule has 1 saturated heterocycles. The number of nitrogens with one attached hydrogen (secondary N) is 2. The molecule has 180 valence electrons. The first-order valence-corrected chi connectivity index (χ1v) is 11.8. The van der Waals surface area contributed by atoms with Crippen LogP contribution in [0.5, 0.6) is 0 Å². The highest BCUT2D eigenvalue weighted by atomic mass is 16.5. The Kier molecular flexibility index (Phi) is 16.1. The van der Waals surface area contributed by atoms with Gasteiger partial charge in [-0.3, -0.25) is 20.3 Å². The third-order valence-corrected chi connectivity index (χ3v) is 5.22. The summed E-state index contributed by atoms with van der Waals surface area (Å²) in [5, 5.41) is 17.4. The summed E-state index contributed by atoms with van der Waals surface area (Å²) in [6.45, 7) is 1.34. The Hall–Kier alpha value is -2.05. The fourth-order valence-electron chi connectivity index (χ4n) is 3.47. The lowest BCUT2D eigenvalue weighted by molar-refractivity contribution is -0.123. The Balaban J connectivity index is 0.00000343. The molecule has 1 heterocycles. The molecular weight excluding hydrogens is 394 g/mol. The van der Waals surface area contributed by atoms with Crippen molar-refractivity contribution in [2.75, 3.05) is 20.1 Å².